The number of aliphatic carboxylic acids is 1. The Labute approximate surface area is 76.5 Å². The predicted octanol–water partition coefficient (Wildman–Crippen LogP) is 0.588. The predicted molar refractivity (Wildman–Crippen MR) is 51.4 cm³/mol. The van der Waals surface area contributed by atoms with E-state index < -0.39 is 11.8 Å². The topological polar surface area (TPSA) is 70.4 Å². The van der Waals surface area contributed by atoms with Gasteiger partial charge in [-0.3, -0.25) is 10.2 Å². The Hall–Kier alpha value is -0.645. The summed E-state index contributed by atoms with van der Waals surface area (Å²) in [5.74, 6) is -0.539. The molecule has 0 amide bonds. The van der Waals surface area contributed by atoms with Crippen molar-refractivity contribution in [3.63, 3.8) is 0 Å². The molecule has 0 saturated heterocycles. The second kappa shape index (κ2) is 7.03. The molecule has 12 heavy (non-hydrogen) atoms. The van der Waals surface area contributed by atoms with Gasteiger partial charge in [-0.25, -0.2) is 0 Å². The molecule has 0 spiro atoms. The Bertz CT molecular complexity index is 156. The van der Waals surface area contributed by atoms with Crippen LogP contribution in [0.5, 0.6) is 0 Å². The van der Waals surface area contributed by atoms with Gasteiger partial charge < -0.3 is 9.76 Å². The van der Waals surface area contributed by atoms with Gasteiger partial charge in [0, 0.05) is 0 Å². The van der Waals surface area contributed by atoms with Crippen molar-refractivity contribution in [3.05, 3.63) is 0 Å². The lowest BCUT2D eigenvalue weighted by Crippen LogP contribution is -2.17. The van der Waals surface area contributed by atoms with E-state index in [0.717, 1.165) is 12.2 Å². The Balaban J connectivity index is 3.69. The minimum atomic E-state index is -0.856. The number of carboxylic acid groups (broad SMARTS) is 1. The fourth-order valence-corrected chi connectivity index (χ4v) is 1.22. The van der Waals surface area contributed by atoms with Crippen LogP contribution in [0.2, 0.25) is 5.82 Å². The van der Waals surface area contributed by atoms with Gasteiger partial charge in [0.15, 0.2) is 0 Å². The maximum atomic E-state index is 10.5. The molecule has 0 radical (unpaired) electrons. The van der Waals surface area contributed by atoms with Gasteiger partial charge in [-0.2, -0.15) is 11.8 Å². The highest BCUT2D eigenvalue weighted by Crippen LogP contribution is 2.12. The highest BCUT2D eigenvalue weighted by Gasteiger charge is 2.19. The minimum absolute atomic E-state index is 0.0966. The quantitative estimate of drug-likeness (QED) is 0.349. The SMILES string of the molecule is CSCCC(BOC=N)C(=O)O. The molecule has 2 N–H and O–H groups in total. The first kappa shape index (κ1) is 11.4. The van der Waals surface area contributed by atoms with Crippen LogP contribution in [-0.4, -0.2) is 37.0 Å². The van der Waals surface area contributed by atoms with E-state index >= 15 is 0 Å². The van der Waals surface area contributed by atoms with Crippen molar-refractivity contribution in [3.8, 4) is 0 Å². The molecule has 0 aromatic heterocycles. The third-order valence-corrected chi connectivity index (χ3v) is 2.04. The van der Waals surface area contributed by atoms with Gasteiger partial charge in [0.2, 0.25) is 0 Å². The van der Waals surface area contributed by atoms with E-state index in [-0.39, 0.29) is 7.48 Å². The number of hydrogen-bond donors (Lipinski definition) is 2. The van der Waals surface area contributed by atoms with Gasteiger partial charge in [-0.1, -0.05) is 0 Å². The van der Waals surface area contributed by atoms with E-state index in [2.05, 4.69) is 4.65 Å². The number of hydrogen-bond acceptors (Lipinski definition) is 4. The normalized spacial score (nSPS) is 11.8. The molecule has 6 heteroatoms. The van der Waals surface area contributed by atoms with Crippen LogP contribution < -0.4 is 0 Å². The molecule has 0 rings (SSSR count). The molecule has 0 aromatic rings. The van der Waals surface area contributed by atoms with Gasteiger partial charge in [0.1, 0.15) is 6.40 Å². The monoisotopic (exact) mass is 189 g/mol. The molecule has 1 atom stereocenters. The summed E-state index contributed by atoms with van der Waals surface area (Å²) in [6.07, 6.45) is 3.29. The zero-order chi connectivity index (χ0) is 9.40. The van der Waals surface area contributed by atoms with Gasteiger partial charge in [0.25, 0.3) is 0 Å². The maximum absolute atomic E-state index is 10.5. The number of carbonyl (C=O) groups is 1. The Morgan fingerprint density at radius 3 is 3.00 bits per heavy atom. The molecule has 0 saturated carbocycles. The van der Waals surface area contributed by atoms with Crippen LogP contribution in [0.25, 0.3) is 0 Å². The molecule has 0 aliphatic carbocycles. The highest BCUT2D eigenvalue weighted by molar-refractivity contribution is 7.98. The molecular weight excluding hydrogens is 177 g/mol. The molecule has 0 fully saturated rings. The van der Waals surface area contributed by atoms with Crippen molar-refractivity contribution in [2.24, 2.45) is 0 Å². The van der Waals surface area contributed by atoms with E-state index in [4.69, 9.17) is 10.5 Å². The maximum Gasteiger partial charge on any atom is 0.355 e. The second-order valence-corrected chi connectivity index (χ2v) is 3.25. The lowest BCUT2D eigenvalue weighted by Gasteiger charge is -2.07. The third-order valence-electron chi connectivity index (χ3n) is 1.40. The van der Waals surface area contributed by atoms with E-state index in [1.54, 1.807) is 11.8 Å². The van der Waals surface area contributed by atoms with E-state index in [0.29, 0.717) is 6.42 Å². The number of rotatable bonds is 7. The summed E-state index contributed by atoms with van der Waals surface area (Å²) in [4.78, 5) is 10.5. The summed E-state index contributed by atoms with van der Waals surface area (Å²) < 4.78 is 4.61. The zero-order valence-corrected chi connectivity index (χ0v) is 7.76. The van der Waals surface area contributed by atoms with Crippen molar-refractivity contribution in [2.75, 3.05) is 12.0 Å². The van der Waals surface area contributed by atoms with Crippen LogP contribution in [0.3, 0.4) is 0 Å². The summed E-state index contributed by atoms with van der Waals surface area (Å²) in [6, 6.07) is 0. The molecule has 0 heterocycles. The summed E-state index contributed by atoms with van der Waals surface area (Å²) in [6.45, 7) is 0. The van der Waals surface area contributed by atoms with E-state index in [9.17, 15) is 4.79 Å². The zero-order valence-electron chi connectivity index (χ0n) is 6.95. The molecule has 4 nitrogen and oxygen atoms in total. The van der Waals surface area contributed by atoms with Crippen LogP contribution in [0.1, 0.15) is 6.42 Å². The Kier molecular flexibility index (Phi) is 6.65. The summed E-state index contributed by atoms with van der Waals surface area (Å²) >= 11 is 1.60. The first-order valence-electron chi connectivity index (χ1n) is 3.54. The number of nitrogens with one attached hydrogen (secondary N) is 1. The molecule has 0 aliphatic heterocycles. The van der Waals surface area contributed by atoms with Crippen LogP contribution in [0.4, 0.5) is 0 Å². The second-order valence-electron chi connectivity index (χ2n) is 2.27. The smallest absolute Gasteiger partial charge is 0.355 e. The van der Waals surface area contributed by atoms with Gasteiger partial charge in [-0.05, 0) is 18.4 Å². The Morgan fingerprint density at radius 2 is 2.58 bits per heavy atom. The fourth-order valence-electron chi connectivity index (χ4n) is 0.702. The van der Waals surface area contributed by atoms with Crippen LogP contribution in [-0.2, 0) is 9.45 Å². The average Bonchev–Trinajstić information content (AvgIpc) is 2.04. The lowest BCUT2D eigenvalue weighted by atomic mass is 9.78. The third kappa shape index (κ3) is 5.06. The summed E-state index contributed by atoms with van der Waals surface area (Å²) in [7, 11) is 0.0966. The highest BCUT2D eigenvalue weighted by atomic mass is 32.2. The summed E-state index contributed by atoms with van der Waals surface area (Å²) in [5.41, 5.74) is 0. The largest absolute Gasteiger partial charge is 0.556 e. The minimum Gasteiger partial charge on any atom is -0.556 e. The van der Waals surface area contributed by atoms with Crippen molar-refractivity contribution in [1.82, 2.24) is 0 Å². The standard InChI is InChI=1S/C6H12BNO3S/c1-12-3-2-5(6(9)10)7-11-4-8/h4-5,7-8H,2-3H2,1H3,(H,9,10). The molecule has 0 bridgehead atoms. The molecular formula is C6H12BNO3S. The van der Waals surface area contributed by atoms with Crippen molar-refractivity contribution in [1.29, 1.82) is 5.41 Å². The summed E-state index contributed by atoms with van der Waals surface area (Å²) in [5, 5.41) is 15.2. The number of thioether (sulfide) groups is 1. The Morgan fingerprint density at radius 1 is 1.92 bits per heavy atom. The van der Waals surface area contributed by atoms with Crippen LogP contribution in [0, 0.1) is 5.41 Å². The first-order valence-corrected chi connectivity index (χ1v) is 4.94. The molecule has 0 aliphatic rings. The number of carboxylic acids is 1. The molecule has 0 aromatic carbocycles. The van der Waals surface area contributed by atoms with Crippen molar-refractivity contribution >= 4 is 31.6 Å². The van der Waals surface area contributed by atoms with Gasteiger partial charge in [0.05, 0.1) is 5.82 Å². The van der Waals surface area contributed by atoms with Crippen molar-refractivity contribution < 1.29 is 14.6 Å². The van der Waals surface area contributed by atoms with Crippen LogP contribution in [0.15, 0.2) is 0 Å². The molecule has 1 unspecified atom stereocenters. The van der Waals surface area contributed by atoms with Crippen molar-refractivity contribution in [2.45, 2.75) is 12.2 Å². The van der Waals surface area contributed by atoms with E-state index in [1.165, 1.54) is 0 Å². The molecule has 68 valence electrons. The average molecular weight is 189 g/mol. The van der Waals surface area contributed by atoms with Crippen LogP contribution >= 0.6 is 11.8 Å². The van der Waals surface area contributed by atoms with Gasteiger partial charge >= 0.3 is 13.5 Å². The lowest BCUT2D eigenvalue weighted by molar-refractivity contribution is -0.137. The van der Waals surface area contributed by atoms with E-state index in [1.807, 2.05) is 6.26 Å². The first-order chi connectivity index (χ1) is 5.72. The fraction of sp³-hybridized carbons (Fsp3) is 0.667. The van der Waals surface area contributed by atoms with Gasteiger partial charge in [-0.15, -0.1) is 0 Å².